The van der Waals surface area contributed by atoms with Crippen LogP contribution in [0.1, 0.15) is 20.7 Å². The molecule has 2 N–H and O–H groups in total. The number of nitrogens with one attached hydrogen (secondary N) is 2. The normalized spacial score (nSPS) is 10.1. The first-order valence-corrected chi connectivity index (χ1v) is 6.88. The van der Waals surface area contributed by atoms with Gasteiger partial charge in [0.05, 0.1) is 16.1 Å². The Bertz CT molecular complexity index is 659. The van der Waals surface area contributed by atoms with Gasteiger partial charge in [-0.05, 0) is 24.3 Å². The van der Waals surface area contributed by atoms with Gasteiger partial charge in [-0.2, -0.15) is 0 Å². The number of aromatic nitrogens is 1. The zero-order valence-electron chi connectivity index (χ0n) is 11.5. The van der Waals surface area contributed by atoms with Crippen LogP contribution in [0.25, 0.3) is 0 Å². The van der Waals surface area contributed by atoms with E-state index in [0.717, 1.165) is 6.07 Å². The Hall–Kier alpha value is -2.47. The van der Waals surface area contributed by atoms with Crippen LogP contribution in [-0.2, 0) is 0 Å². The number of carbonyl (C=O) groups is 2. The third-order valence-corrected chi connectivity index (χ3v) is 3.12. The van der Waals surface area contributed by atoms with Crippen molar-refractivity contribution in [2.45, 2.75) is 0 Å². The van der Waals surface area contributed by atoms with Gasteiger partial charge in [-0.15, -0.1) is 0 Å². The third-order valence-electron chi connectivity index (χ3n) is 2.81. The van der Waals surface area contributed by atoms with E-state index in [1.807, 2.05) is 0 Å². The average Bonchev–Trinajstić information content (AvgIpc) is 2.52. The second-order valence-corrected chi connectivity index (χ2v) is 4.76. The molecule has 0 aliphatic rings. The predicted molar refractivity (Wildman–Crippen MR) is 80.3 cm³/mol. The number of nitrogens with zero attached hydrogens (tertiary/aromatic N) is 1. The van der Waals surface area contributed by atoms with Crippen LogP contribution in [0.5, 0.6) is 0 Å². The van der Waals surface area contributed by atoms with E-state index in [4.69, 9.17) is 11.6 Å². The van der Waals surface area contributed by atoms with Crippen molar-refractivity contribution in [2.24, 2.45) is 0 Å². The molecule has 22 heavy (non-hydrogen) atoms. The lowest BCUT2D eigenvalue weighted by molar-refractivity contribution is 0.0925. The SMILES string of the molecule is O=C(NCCNC(=O)c1c(F)cccc1Cl)c1cccnc1. The molecule has 1 heterocycles. The fourth-order valence-corrected chi connectivity index (χ4v) is 2.00. The first kappa shape index (κ1) is 15.9. The molecule has 0 spiro atoms. The Morgan fingerprint density at radius 2 is 1.82 bits per heavy atom. The smallest absolute Gasteiger partial charge is 0.255 e. The van der Waals surface area contributed by atoms with Crippen molar-refractivity contribution in [3.63, 3.8) is 0 Å². The van der Waals surface area contributed by atoms with Gasteiger partial charge in [0.25, 0.3) is 11.8 Å². The van der Waals surface area contributed by atoms with E-state index in [1.54, 1.807) is 18.3 Å². The van der Waals surface area contributed by atoms with Crippen LogP contribution in [0.3, 0.4) is 0 Å². The maximum atomic E-state index is 13.5. The standard InChI is InChI=1S/C15H13ClFN3O2/c16-11-4-1-5-12(17)13(11)15(22)20-8-7-19-14(21)10-3-2-6-18-9-10/h1-6,9H,7-8H2,(H,19,21)(H,20,22). The lowest BCUT2D eigenvalue weighted by atomic mass is 10.2. The fraction of sp³-hybridized carbons (Fsp3) is 0.133. The van der Waals surface area contributed by atoms with Crippen molar-refractivity contribution in [2.75, 3.05) is 13.1 Å². The minimum atomic E-state index is -0.690. The molecular formula is C15H13ClFN3O2. The molecule has 0 saturated heterocycles. The average molecular weight is 322 g/mol. The second-order valence-electron chi connectivity index (χ2n) is 4.35. The van der Waals surface area contributed by atoms with Crippen LogP contribution in [0, 0.1) is 5.82 Å². The molecule has 0 bridgehead atoms. The lowest BCUT2D eigenvalue weighted by Crippen LogP contribution is -2.35. The molecule has 0 unspecified atom stereocenters. The molecule has 0 aliphatic carbocycles. The summed E-state index contributed by atoms with van der Waals surface area (Å²) in [6.07, 6.45) is 3.00. The first-order valence-electron chi connectivity index (χ1n) is 6.50. The summed E-state index contributed by atoms with van der Waals surface area (Å²) in [5.74, 6) is -1.62. The van der Waals surface area contributed by atoms with Crippen molar-refractivity contribution >= 4 is 23.4 Å². The highest BCUT2D eigenvalue weighted by molar-refractivity contribution is 6.33. The van der Waals surface area contributed by atoms with E-state index in [9.17, 15) is 14.0 Å². The topological polar surface area (TPSA) is 71.1 Å². The van der Waals surface area contributed by atoms with Crippen molar-refractivity contribution in [1.82, 2.24) is 15.6 Å². The van der Waals surface area contributed by atoms with Gasteiger partial charge in [0.1, 0.15) is 5.82 Å². The van der Waals surface area contributed by atoms with E-state index < -0.39 is 11.7 Å². The quantitative estimate of drug-likeness (QED) is 0.828. The van der Waals surface area contributed by atoms with E-state index >= 15 is 0 Å². The van der Waals surface area contributed by atoms with Crippen LogP contribution in [0.15, 0.2) is 42.7 Å². The Morgan fingerprint density at radius 3 is 2.45 bits per heavy atom. The molecule has 114 valence electrons. The number of rotatable bonds is 5. The van der Waals surface area contributed by atoms with E-state index in [-0.39, 0.29) is 29.6 Å². The summed E-state index contributed by atoms with van der Waals surface area (Å²) in [7, 11) is 0. The van der Waals surface area contributed by atoms with Gasteiger partial charge < -0.3 is 10.6 Å². The minimum Gasteiger partial charge on any atom is -0.350 e. The number of halogens is 2. The third kappa shape index (κ3) is 4.02. The molecule has 1 aromatic heterocycles. The molecule has 0 saturated carbocycles. The van der Waals surface area contributed by atoms with Gasteiger partial charge in [-0.25, -0.2) is 4.39 Å². The molecule has 2 amide bonds. The molecule has 7 heteroatoms. The van der Waals surface area contributed by atoms with Crippen LogP contribution in [0.2, 0.25) is 5.02 Å². The molecule has 0 aliphatic heterocycles. The van der Waals surface area contributed by atoms with Crippen LogP contribution >= 0.6 is 11.6 Å². The van der Waals surface area contributed by atoms with Gasteiger partial charge in [-0.3, -0.25) is 14.6 Å². The Kier molecular flexibility index (Phi) is 5.43. The van der Waals surface area contributed by atoms with Crippen LogP contribution in [0.4, 0.5) is 4.39 Å². The largest absolute Gasteiger partial charge is 0.350 e. The summed E-state index contributed by atoms with van der Waals surface area (Å²) in [6, 6.07) is 7.29. The summed E-state index contributed by atoms with van der Waals surface area (Å²) in [4.78, 5) is 27.4. The summed E-state index contributed by atoms with van der Waals surface area (Å²) in [5.41, 5.74) is 0.216. The Balaban J connectivity index is 1.82. The zero-order valence-corrected chi connectivity index (χ0v) is 12.2. The van der Waals surface area contributed by atoms with E-state index in [0.29, 0.717) is 5.56 Å². The number of benzene rings is 1. The second kappa shape index (κ2) is 7.51. The van der Waals surface area contributed by atoms with Crippen molar-refractivity contribution in [1.29, 1.82) is 0 Å². The maximum absolute atomic E-state index is 13.5. The molecule has 0 radical (unpaired) electrons. The number of amides is 2. The Labute approximate surface area is 131 Å². The molecule has 5 nitrogen and oxygen atoms in total. The van der Waals surface area contributed by atoms with Crippen molar-refractivity contribution < 1.29 is 14.0 Å². The highest BCUT2D eigenvalue weighted by Crippen LogP contribution is 2.18. The number of hydrogen-bond acceptors (Lipinski definition) is 3. The number of pyridine rings is 1. The minimum absolute atomic E-state index is 0.0388. The van der Waals surface area contributed by atoms with Crippen molar-refractivity contribution in [3.8, 4) is 0 Å². The van der Waals surface area contributed by atoms with E-state index in [2.05, 4.69) is 15.6 Å². The van der Waals surface area contributed by atoms with Gasteiger partial charge in [0, 0.05) is 25.5 Å². The van der Waals surface area contributed by atoms with Gasteiger partial charge in [0.2, 0.25) is 0 Å². The van der Waals surface area contributed by atoms with Crippen LogP contribution < -0.4 is 10.6 Å². The van der Waals surface area contributed by atoms with Crippen LogP contribution in [-0.4, -0.2) is 29.9 Å². The molecule has 2 rings (SSSR count). The van der Waals surface area contributed by atoms with Gasteiger partial charge in [-0.1, -0.05) is 17.7 Å². The summed E-state index contributed by atoms with van der Waals surface area (Å²) in [6.45, 7) is 0.348. The first-order chi connectivity index (χ1) is 10.6. The molecule has 2 aromatic rings. The zero-order chi connectivity index (χ0) is 15.9. The summed E-state index contributed by atoms with van der Waals surface area (Å²) in [5, 5.41) is 5.15. The summed E-state index contributed by atoms with van der Waals surface area (Å²) >= 11 is 5.79. The van der Waals surface area contributed by atoms with Crippen molar-refractivity contribution in [3.05, 3.63) is 64.7 Å². The number of hydrogen-bond donors (Lipinski definition) is 2. The molecule has 1 aromatic carbocycles. The van der Waals surface area contributed by atoms with Gasteiger partial charge >= 0.3 is 0 Å². The molecule has 0 atom stereocenters. The van der Waals surface area contributed by atoms with Gasteiger partial charge in [0.15, 0.2) is 0 Å². The number of carbonyl (C=O) groups excluding carboxylic acids is 2. The highest BCUT2D eigenvalue weighted by Gasteiger charge is 2.15. The predicted octanol–water partition coefficient (Wildman–Crippen LogP) is 2.03. The summed E-state index contributed by atoms with van der Waals surface area (Å²) < 4.78 is 13.5. The highest BCUT2D eigenvalue weighted by atomic mass is 35.5. The van der Waals surface area contributed by atoms with E-state index in [1.165, 1.54) is 18.3 Å². The maximum Gasteiger partial charge on any atom is 0.255 e. The fourth-order valence-electron chi connectivity index (χ4n) is 1.75. The Morgan fingerprint density at radius 1 is 1.09 bits per heavy atom. The molecular weight excluding hydrogens is 309 g/mol. The monoisotopic (exact) mass is 321 g/mol. The lowest BCUT2D eigenvalue weighted by Gasteiger charge is -2.08. The molecule has 0 fully saturated rings.